The predicted molar refractivity (Wildman–Crippen MR) is 93.3 cm³/mol. The molecule has 0 saturated carbocycles. The Hall–Kier alpha value is -0.693. The van der Waals surface area contributed by atoms with Gasteiger partial charge in [0, 0.05) is 27.7 Å². The first-order chi connectivity index (χ1) is 10.5. The molecule has 0 spiro atoms. The van der Waals surface area contributed by atoms with Crippen molar-refractivity contribution in [3.63, 3.8) is 0 Å². The normalized spacial score (nSPS) is 25.1. The van der Waals surface area contributed by atoms with E-state index in [-0.39, 0.29) is 24.3 Å². The number of aliphatic hydroxyl groups is 1. The lowest BCUT2D eigenvalue weighted by Gasteiger charge is -2.27. The number of esters is 1. The third kappa shape index (κ3) is 5.41. The summed E-state index contributed by atoms with van der Waals surface area (Å²) in [5.41, 5.74) is -0.0302. The van der Waals surface area contributed by atoms with Crippen LogP contribution in [-0.2, 0) is 19.0 Å². The van der Waals surface area contributed by atoms with Crippen LogP contribution >= 0.6 is 0 Å². The third-order valence-electron chi connectivity index (χ3n) is 4.30. The summed E-state index contributed by atoms with van der Waals surface area (Å²) >= 11 is 0. The number of rotatable bonds is 9. The van der Waals surface area contributed by atoms with Crippen LogP contribution in [0.1, 0.15) is 27.2 Å². The molecule has 1 rings (SSSR count). The molecule has 1 N–H and O–H groups in total. The van der Waals surface area contributed by atoms with Crippen molar-refractivity contribution < 1.29 is 24.1 Å². The van der Waals surface area contributed by atoms with Crippen molar-refractivity contribution in [2.24, 2.45) is 0 Å². The third-order valence-corrected chi connectivity index (χ3v) is 5.77. The molecule has 1 aliphatic heterocycles. The summed E-state index contributed by atoms with van der Waals surface area (Å²) in [6.45, 7) is 12.8. The van der Waals surface area contributed by atoms with Gasteiger partial charge in [-0.05, 0) is 32.4 Å². The predicted octanol–water partition coefficient (Wildman–Crippen LogP) is 2.76. The maximum Gasteiger partial charge on any atom is 0.330 e. The Balaban J connectivity index is 3.00. The van der Waals surface area contributed by atoms with Gasteiger partial charge in [-0.1, -0.05) is 19.6 Å². The zero-order valence-corrected chi connectivity index (χ0v) is 16.6. The van der Waals surface area contributed by atoms with Gasteiger partial charge in [-0.15, -0.1) is 0 Å². The molecule has 1 fully saturated rings. The first kappa shape index (κ1) is 20.4. The monoisotopic (exact) mass is 344 g/mol. The Labute approximate surface area is 141 Å². The molecule has 0 aromatic heterocycles. The van der Waals surface area contributed by atoms with Crippen LogP contribution in [0.4, 0.5) is 0 Å². The Kier molecular flexibility index (Phi) is 6.61. The molecule has 0 amide bonds. The second-order valence-electron chi connectivity index (χ2n) is 7.90. The topological polar surface area (TPSA) is 68.3 Å². The van der Waals surface area contributed by atoms with Gasteiger partial charge in [0.1, 0.15) is 5.60 Å². The van der Waals surface area contributed by atoms with Gasteiger partial charge in [-0.3, -0.25) is 0 Å². The van der Waals surface area contributed by atoms with Gasteiger partial charge >= 0.3 is 5.97 Å². The van der Waals surface area contributed by atoms with Crippen molar-refractivity contribution in [1.29, 1.82) is 0 Å². The van der Waals surface area contributed by atoms with Gasteiger partial charge in [-0.2, -0.15) is 0 Å². The molecule has 134 valence electrons. The van der Waals surface area contributed by atoms with E-state index < -0.39 is 13.7 Å². The van der Waals surface area contributed by atoms with Gasteiger partial charge in [0.2, 0.25) is 0 Å². The van der Waals surface area contributed by atoms with E-state index in [1.165, 1.54) is 0 Å². The molecule has 1 heterocycles. The summed E-state index contributed by atoms with van der Waals surface area (Å²) in [4.78, 5) is 11.9. The van der Waals surface area contributed by atoms with Crippen LogP contribution in [0.2, 0.25) is 25.7 Å². The second-order valence-corrected chi connectivity index (χ2v) is 13.4. The van der Waals surface area contributed by atoms with Crippen molar-refractivity contribution in [2.75, 3.05) is 20.3 Å². The fraction of sp³-hybridized carbons (Fsp3) is 0.824. The van der Waals surface area contributed by atoms with Crippen molar-refractivity contribution in [2.45, 2.75) is 70.2 Å². The summed E-state index contributed by atoms with van der Waals surface area (Å²) in [5.74, 6) is -0.336. The highest BCUT2D eigenvalue weighted by atomic mass is 28.3. The highest BCUT2D eigenvalue weighted by Crippen LogP contribution is 2.51. The number of epoxide rings is 1. The number of aliphatic hydroxyl groups excluding tert-OH is 1. The van der Waals surface area contributed by atoms with Crippen LogP contribution in [0.3, 0.4) is 0 Å². The molecule has 0 radical (unpaired) electrons. The van der Waals surface area contributed by atoms with Gasteiger partial charge in [0.05, 0.1) is 24.9 Å². The fourth-order valence-corrected chi connectivity index (χ4v) is 4.46. The quantitative estimate of drug-likeness (QED) is 0.301. The lowest BCUT2D eigenvalue weighted by atomic mass is 9.88. The van der Waals surface area contributed by atoms with Crippen LogP contribution in [0.5, 0.6) is 0 Å². The molecule has 0 aromatic rings. The molecular formula is C17H32O5Si. The average Bonchev–Trinajstić information content (AvgIpc) is 2.96. The van der Waals surface area contributed by atoms with E-state index in [4.69, 9.17) is 14.2 Å². The van der Waals surface area contributed by atoms with E-state index >= 15 is 0 Å². The Morgan fingerprint density at radius 2 is 1.91 bits per heavy atom. The fourth-order valence-electron chi connectivity index (χ4n) is 2.91. The summed E-state index contributed by atoms with van der Waals surface area (Å²) < 4.78 is 16.5. The van der Waals surface area contributed by atoms with E-state index in [2.05, 4.69) is 19.6 Å². The Bertz CT molecular complexity index is 452. The van der Waals surface area contributed by atoms with Gasteiger partial charge in [-0.25, -0.2) is 4.79 Å². The number of hydrogen-bond acceptors (Lipinski definition) is 5. The first-order valence-electron chi connectivity index (χ1n) is 8.21. The molecule has 1 aliphatic rings. The van der Waals surface area contributed by atoms with E-state index in [0.29, 0.717) is 13.0 Å². The molecule has 0 bridgehead atoms. The lowest BCUT2D eigenvalue weighted by Crippen LogP contribution is -2.34. The molecule has 6 heteroatoms. The average molecular weight is 345 g/mol. The van der Waals surface area contributed by atoms with Crippen LogP contribution < -0.4 is 0 Å². The lowest BCUT2D eigenvalue weighted by molar-refractivity contribution is -0.137. The second kappa shape index (κ2) is 7.47. The molecule has 1 saturated heterocycles. The van der Waals surface area contributed by atoms with Crippen LogP contribution in [0.15, 0.2) is 11.6 Å². The van der Waals surface area contributed by atoms with E-state index in [1.54, 1.807) is 20.1 Å². The molecule has 0 aliphatic carbocycles. The minimum Gasteiger partial charge on any atom is -0.463 e. The van der Waals surface area contributed by atoms with Gasteiger partial charge < -0.3 is 19.3 Å². The summed E-state index contributed by atoms with van der Waals surface area (Å²) in [7, 11) is 0.184. The van der Waals surface area contributed by atoms with E-state index in [9.17, 15) is 9.90 Å². The zero-order valence-electron chi connectivity index (χ0n) is 15.6. The number of hydrogen-bond donors (Lipinski definition) is 1. The summed E-state index contributed by atoms with van der Waals surface area (Å²) in [6.07, 6.45) is 1.83. The van der Waals surface area contributed by atoms with Crippen LogP contribution in [0.25, 0.3) is 0 Å². The number of methoxy groups -OCH3 is 1. The molecule has 0 aromatic carbocycles. The highest BCUT2D eigenvalue weighted by Gasteiger charge is 2.64. The molecular weight excluding hydrogens is 312 g/mol. The smallest absolute Gasteiger partial charge is 0.330 e. The van der Waals surface area contributed by atoms with Crippen LogP contribution in [0, 0.1) is 0 Å². The Morgan fingerprint density at radius 3 is 2.26 bits per heavy atom. The van der Waals surface area contributed by atoms with Crippen molar-refractivity contribution in [1.82, 2.24) is 0 Å². The maximum absolute atomic E-state index is 11.9. The molecule has 0 unspecified atom stereocenters. The molecule has 2 atom stereocenters. The van der Waals surface area contributed by atoms with Crippen molar-refractivity contribution >= 4 is 14.0 Å². The zero-order chi connectivity index (χ0) is 17.9. The number of ether oxygens (including phenoxy) is 3. The van der Waals surface area contributed by atoms with Gasteiger partial charge in [0.25, 0.3) is 0 Å². The minimum absolute atomic E-state index is 0.0561. The molecule has 23 heavy (non-hydrogen) atoms. The minimum atomic E-state index is -1.45. The number of carbonyl (C=O) groups is 1. The standard InChI is InChI=1S/C17H32O5Si/c1-8-21-15(19)9-13(11-23(5,6)7)14(20-4)10-17(12-18)16(2,3)22-17/h9,14,18H,8,10-12H2,1-7H3/b13-9-/t14-,17+/m0/s1. The van der Waals surface area contributed by atoms with Crippen molar-refractivity contribution in [3.05, 3.63) is 11.6 Å². The van der Waals surface area contributed by atoms with Crippen LogP contribution in [-0.4, -0.2) is 56.8 Å². The summed E-state index contributed by atoms with van der Waals surface area (Å²) in [6, 6.07) is 0.840. The van der Waals surface area contributed by atoms with Crippen molar-refractivity contribution in [3.8, 4) is 0 Å². The largest absolute Gasteiger partial charge is 0.463 e. The molecule has 5 nitrogen and oxygen atoms in total. The summed E-state index contributed by atoms with van der Waals surface area (Å²) in [5, 5.41) is 9.73. The Morgan fingerprint density at radius 1 is 1.35 bits per heavy atom. The van der Waals surface area contributed by atoms with Gasteiger partial charge in [0.15, 0.2) is 0 Å². The van der Waals surface area contributed by atoms with E-state index in [1.807, 2.05) is 13.8 Å². The first-order valence-corrected chi connectivity index (χ1v) is 11.9. The SMILES string of the molecule is CCOC(=O)/C=C(/C[Si](C)(C)C)[C@H](C[C@]1(CO)OC1(C)C)OC. The maximum atomic E-state index is 11.9. The highest BCUT2D eigenvalue weighted by molar-refractivity contribution is 6.76. The number of carbonyl (C=O) groups excluding carboxylic acids is 1. The van der Waals surface area contributed by atoms with E-state index in [0.717, 1.165) is 11.6 Å².